The maximum Gasteiger partial charge on any atom is 0.239 e. The molecule has 1 aromatic heterocycles. The predicted octanol–water partition coefficient (Wildman–Crippen LogP) is 0.388. The second kappa shape index (κ2) is 6.20. The van der Waals surface area contributed by atoms with Crippen LogP contribution in [0.4, 0.5) is 0 Å². The summed E-state index contributed by atoms with van der Waals surface area (Å²) in [5, 5.41) is 8.64. The lowest BCUT2D eigenvalue weighted by Crippen LogP contribution is -2.45. The first-order valence-electron chi connectivity index (χ1n) is 8.06. The number of amides is 1. The van der Waals surface area contributed by atoms with E-state index in [2.05, 4.69) is 19.5 Å². The van der Waals surface area contributed by atoms with Crippen molar-refractivity contribution < 1.29 is 13.2 Å². The zero-order valence-corrected chi connectivity index (χ0v) is 14.3. The minimum Gasteiger partial charge on any atom is -0.330 e. The summed E-state index contributed by atoms with van der Waals surface area (Å²) in [4.78, 5) is 13.9. The van der Waals surface area contributed by atoms with Crippen LogP contribution >= 0.6 is 0 Å². The molecular weight excluding hydrogens is 318 g/mol. The summed E-state index contributed by atoms with van der Waals surface area (Å²) in [5.41, 5.74) is 0. The fourth-order valence-corrected chi connectivity index (χ4v) is 4.19. The number of carbonyl (C=O) groups excluding carboxylic acids is 1. The van der Waals surface area contributed by atoms with Gasteiger partial charge in [-0.1, -0.05) is 12.8 Å². The molecule has 0 radical (unpaired) electrons. The maximum absolute atomic E-state index is 12.3. The molecule has 1 fully saturated rings. The Hall–Kier alpha value is -1.48. The number of rotatable bonds is 4. The number of sulfonamides is 1. The molecule has 1 saturated carbocycles. The number of aromatic nitrogens is 3. The monoisotopic (exact) mass is 341 g/mol. The summed E-state index contributed by atoms with van der Waals surface area (Å²) < 4.78 is 27.5. The van der Waals surface area contributed by atoms with Crippen LogP contribution in [0.3, 0.4) is 0 Å². The lowest BCUT2D eigenvalue weighted by atomic mass is 10.1. The molecule has 1 unspecified atom stereocenters. The molecule has 2 heterocycles. The Labute approximate surface area is 136 Å². The summed E-state index contributed by atoms with van der Waals surface area (Å²) in [7, 11) is -2.25. The van der Waals surface area contributed by atoms with Crippen LogP contribution in [0.25, 0.3) is 0 Å². The van der Waals surface area contributed by atoms with Crippen molar-refractivity contribution in [3.05, 3.63) is 11.6 Å². The highest BCUT2D eigenvalue weighted by Crippen LogP contribution is 2.35. The average molecular weight is 341 g/mol. The number of nitrogens with one attached hydrogen (secondary N) is 1. The predicted molar refractivity (Wildman–Crippen MR) is 84.2 cm³/mol. The largest absolute Gasteiger partial charge is 0.330 e. The molecule has 0 aromatic carbocycles. The van der Waals surface area contributed by atoms with Crippen molar-refractivity contribution >= 4 is 15.9 Å². The molecule has 8 nitrogen and oxygen atoms in total. The molecule has 0 saturated heterocycles. The van der Waals surface area contributed by atoms with Gasteiger partial charge in [0.2, 0.25) is 15.9 Å². The normalized spacial score (nSPS) is 22.3. The van der Waals surface area contributed by atoms with E-state index in [0.29, 0.717) is 19.0 Å². The van der Waals surface area contributed by atoms with E-state index in [0.717, 1.165) is 24.5 Å². The van der Waals surface area contributed by atoms with Crippen LogP contribution < -0.4 is 4.72 Å². The molecule has 1 atom stereocenters. The van der Waals surface area contributed by atoms with Crippen LogP contribution in [0, 0.1) is 0 Å². The van der Waals surface area contributed by atoms with Gasteiger partial charge in [0, 0.05) is 19.0 Å². The number of hydrogen-bond acceptors (Lipinski definition) is 5. The Kier molecular flexibility index (Phi) is 4.41. The quantitative estimate of drug-likeness (QED) is 0.854. The molecular formula is C14H23N5O3S. The summed E-state index contributed by atoms with van der Waals surface area (Å²) >= 11 is 0. The van der Waals surface area contributed by atoms with Gasteiger partial charge in [0.15, 0.2) is 5.82 Å². The van der Waals surface area contributed by atoms with Crippen LogP contribution in [-0.2, 0) is 21.4 Å². The third-order valence-corrected chi connectivity index (χ3v) is 6.13. The number of fused-ring (bicyclic) bond motifs is 1. The van der Waals surface area contributed by atoms with Gasteiger partial charge in [-0.25, -0.2) is 13.1 Å². The van der Waals surface area contributed by atoms with Crippen LogP contribution in [-0.4, -0.2) is 53.3 Å². The molecule has 0 spiro atoms. The van der Waals surface area contributed by atoms with Crippen molar-refractivity contribution in [2.45, 2.75) is 51.1 Å². The maximum atomic E-state index is 12.3. The highest BCUT2D eigenvalue weighted by atomic mass is 32.2. The van der Waals surface area contributed by atoms with Gasteiger partial charge in [0.25, 0.3) is 0 Å². The average Bonchev–Trinajstić information content (AvgIpc) is 3.15. The first kappa shape index (κ1) is 16.4. The Bertz CT molecular complexity index is 693. The fourth-order valence-electron chi connectivity index (χ4n) is 3.55. The zero-order valence-electron chi connectivity index (χ0n) is 13.5. The molecule has 1 aromatic rings. The molecule has 2 aliphatic rings. The van der Waals surface area contributed by atoms with E-state index in [1.165, 1.54) is 19.9 Å². The zero-order chi connectivity index (χ0) is 16.6. The molecule has 1 aliphatic carbocycles. The van der Waals surface area contributed by atoms with Crippen molar-refractivity contribution in [2.24, 2.45) is 0 Å². The molecule has 1 N–H and O–H groups in total. The number of hydrogen-bond donors (Lipinski definition) is 1. The smallest absolute Gasteiger partial charge is 0.239 e. The Balaban J connectivity index is 1.79. The molecule has 23 heavy (non-hydrogen) atoms. The first-order chi connectivity index (χ1) is 10.9. The van der Waals surface area contributed by atoms with Crippen LogP contribution in [0.1, 0.15) is 56.2 Å². The number of nitrogens with zero attached hydrogens (tertiary/aromatic N) is 4. The Morgan fingerprint density at radius 2 is 1.87 bits per heavy atom. The van der Waals surface area contributed by atoms with Gasteiger partial charge in [-0.2, -0.15) is 0 Å². The van der Waals surface area contributed by atoms with Gasteiger partial charge in [-0.05, 0) is 26.8 Å². The summed E-state index contributed by atoms with van der Waals surface area (Å²) in [6.45, 7) is 3.00. The highest BCUT2D eigenvalue weighted by Gasteiger charge is 2.34. The van der Waals surface area contributed by atoms with Crippen LogP contribution in [0.15, 0.2) is 0 Å². The fraction of sp³-hybridized carbons (Fsp3) is 0.786. The van der Waals surface area contributed by atoms with Crippen molar-refractivity contribution in [2.75, 3.05) is 19.3 Å². The van der Waals surface area contributed by atoms with Gasteiger partial charge < -0.3 is 9.47 Å². The van der Waals surface area contributed by atoms with E-state index in [1.54, 1.807) is 4.90 Å². The summed E-state index contributed by atoms with van der Waals surface area (Å²) in [5.74, 6) is 1.32. The third-order valence-electron chi connectivity index (χ3n) is 4.88. The molecule has 3 rings (SSSR count). The van der Waals surface area contributed by atoms with Crippen molar-refractivity contribution in [1.82, 2.24) is 24.4 Å². The minimum atomic E-state index is -3.56. The minimum absolute atomic E-state index is 0.258. The molecule has 1 aliphatic heterocycles. The molecule has 0 bridgehead atoms. The standard InChI is InChI=1S/C14H23N5O3S/c1-10-13-16-17-14(11-5-3-4-6-11)19(13)8-7-18(10)12(20)9-23(21,22)15-2/h10-11,15H,3-9H2,1-2H3. The second-order valence-electron chi connectivity index (χ2n) is 6.28. The SMILES string of the molecule is CNS(=O)(=O)CC(=O)N1CCn2c(C3CCCC3)nnc2C1C. The van der Waals surface area contributed by atoms with E-state index in [9.17, 15) is 13.2 Å². The highest BCUT2D eigenvalue weighted by molar-refractivity contribution is 7.90. The Morgan fingerprint density at radius 3 is 2.52 bits per heavy atom. The van der Waals surface area contributed by atoms with Crippen LogP contribution in [0.2, 0.25) is 0 Å². The molecule has 128 valence electrons. The molecule has 9 heteroatoms. The van der Waals surface area contributed by atoms with Crippen molar-refractivity contribution in [3.63, 3.8) is 0 Å². The van der Waals surface area contributed by atoms with E-state index in [1.807, 2.05) is 6.92 Å². The molecule has 1 amide bonds. The first-order valence-corrected chi connectivity index (χ1v) is 9.72. The summed E-state index contributed by atoms with van der Waals surface area (Å²) in [6, 6.07) is -0.258. The third kappa shape index (κ3) is 3.12. The van der Waals surface area contributed by atoms with Gasteiger partial charge in [0.1, 0.15) is 11.6 Å². The van der Waals surface area contributed by atoms with Gasteiger partial charge in [0.05, 0.1) is 6.04 Å². The van der Waals surface area contributed by atoms with Crippen LogP contribution in [0.5, 0.6) is 0 Å². The lowest BCUT2D eigenvalue weighted by molar-refractivity contribution is -0.131. The summed E-state index contributed by atoms with van der Waals surface area (Å²) in [6.07, 6.45) is 4.76. The van der Waals surface area contributed by atoms with Crippen molar-refractivity contribution in [3.8, 4) is 0 Å². The Morgan fingerprint density at radius 1 is 1.22 bits per heavy atom. The van der Waals surface area contributed by atoms with Gasteiger partial charge in [-0.3, -0.25) is 4.79 Å². The van der Waals surface area contributed by atoms with Crippen molar-refractivity contribution in [1.29, 1.82) is 0 Å². The van der Waals surface area contributed by atoms with E-state index >= 15 is 0 Å². The second-order valence-corrected chi connectivity index (χ2v) is 8.20. The van der Waals surface area contributed by atoms with E-state index in [-0.39, 0.29) is 6.04 Å². The van der Waals surface area contributed by atoms with E-state index in [4.69, 9.17) is 0 Å². The van der Waals surface area contributed by atoms with Gasteiger partial charge >= 0.3 is 0 Å². The number of carbonyl (C=O) groups is 1. The van der Waals surface area contributed by atoms with E-state index < -0.39 is 21.7 Å². The topological polar surface area (TPSA) is 97.2 Å². The van der Waals surface area contributed by atoms with Gasteiger partial charge in [-0.15, -0.1) is 10.2 Å². The lowest BCUT2D eigenvalue weighted by Gasteiger charge is -2.34.